The fourth-order valence-electron chi connectivity index (χ4n) is 4.37. The van der Waals surface area contributed by atoms with Crippen molar-refractivity contribution < 1.29 is 4.79 Å². The zero-order valence-electron chi connectivity index (χ0n) is 16.1. The zero-order valence-corrected chi connectivity index (χ0v) is 16.9. The first-order valence-corrected chi connectivity index (χ1v) is 10.3. The van der Waals surface area contributed by atoms with Gasteiger partial charge in [-0.2, -0.15) is 0 Å². The summed E-state index contributed by atoms with van der Waals surface area (Å²) in [6.45, 7) is 6.51. The molecule has 138 valence electrons. The average molecular weight is 376 g/mol. The molecule has 0 bridgehead atoms. The minimum atomic E-state index is -0.0610. The molecular weight excluding hydrogens is 350 g/mol. The number of nitrogen functional groups attached to an aromatic ring is 1. The van der Waals surface area contributed by atoms with Crippen LogP contribution in [0, 0.1) is 5.41 Å². The normalized spacial score (nSPS) is 18.1. The molecule has 3 aromatic rings. The average Bonchev–Trinajstić information content (AvgIpc) is 3.14. The molecule has 2 aromatic carbocycles. The van der Waals surface area contributed by atoms with E-state index in [9.17, 15) is 4.79 Å². The van der Waals surface area contributed by atoms with Gasteiger partial charge in [0, 0.05) is 34.0 Å². The van der Waals surface area contributed by atoms with Crippen LogP contribution in [0.3, 0.4) is 0 Å². The third kappa shape index (κ3) is 3.21. The largest absolute Gasteiger partial charge is 0.398 e. The highest BCUT2D eigenvalue weighted by Crippen LogP contribution is 2.48. The zero-order chi connectivity index (χ0) is 19.2. The smallest absolute Gasteiger partial charge is 0.160 e. The van der Waals surface area contributed by atoms with Crippen molar-refractivity contribution in [3.8, 4) is 0 Å². The third-order valence-electron chi connectivity index (χ3n) is 5.59. The molecular formula is C24H25NOS. The van der Waals surface area contributed by atoms with E-state index in [1.165, 1.54) is 4.88 Å². The van der Waals surface area contributed by atoms with E-state index in [2.05, 4.69) is 56.5 Å². The molecule has 4 rings (SSSR count). The Kier molecular flexibility index (Phi) is 4.43. The summed E-state index contributed by atoms with van der Waals surface area (Å²) in [6.07, 6.45) is 1.45. The van der Waals surface area contributed by atoms with Gasteiger partial charge >= 0.3 is 0 Å². The van der Waals surface area contributed by atoms with Crippen LogP contribution >= 0.6 is 11.3 Å². The summed E-state index contributed by atoms with van der Waals surface area (Å²) >= 11 is 1.71. The van der Waals surface area contributed by atoms with E-state index in [0.717, 1.165) is 39.6 Å². The van der Waals surface area contributed by atoms with Crippen LogP contribution in [0.15, 0.2) is 59.5 Å². The number of benzene rings is 2. The van der Waals surface area contributed by atoms with Crippen LogP contribution in [-0.4, -0.2) is 5.78 Å². The van der Waals surface area contributed by atoms with Crippen LogP contribution in [-0.2, 0) is 4.79 Å². The topological polar surface area (TPSA) is 43.1 Å². The SMILES string of the molecule is C[C@H](C1=C(c2c(N)ccc3ccccc23)CC(C)(C)CC1=O)c1cccs1. The number of anilines is 1. The minimum absolute atomic E-state index is 0.0610. The maximum atomic E-state index is 13.3. The summed E-state index contributed by atoms with van der Waals surface area (Å²) in [7, 11) is 0. The number of rotatable bonds is 3. The first-order valence-electron chi connectivity index (χ1n) is 9.44. The molecule has 2 N–H and O–H groups in total. The predicted molar refractivity (Wildman–Crippen MR) is 116 cm³/mol. The number of hydrogen-bond donors (Lipinski definition) is 1. The van der Waals surface area contributed by atoms with Crippen molar-refractivity contribution in [2.75, 3.05) is 5.73 Å². The summed E-state index contributed by atoms with van der Waals surface area (Å²) < 4.78 is 0. The Labute approximate surface area is 164 Å². The molecule has 1 aliphatic carbocycles. The van der Waals surface area contributed by atoms with Gasteiger partial charge in [-0.15, -0.1) is 11.3 Å². The van der Waals surface area contributed by atoms with Crippen molar-refractivity contribution in [2.45, 2.75) is 39.5 Å². The Bertz CT molecular complexity index is 1040. The first kappa shape index (κ1) is 18.0. The molecule has 1 atom stereocenters. The van der Waals surface area contributed by atoms with Crippen molar-refractivity contribution in [2.24, 2.45) is 5.41 Å². The molecule has 27 heavy (non-hydrogen) atoms. The maximum Gasteiger partial charge on any atom is 0.160 e. The number of allylic oxidation sites excluding steroid dienone is 2. The van der Waals surface area contributed by atoms with Gasteiger partial charge in [-0.1, -0.05) is 57.2 Å². The van der Waals surface area contributed by atoms with Crippen molar-refractivity contribution >= 4 is 39.2 Å². The van der Waals surface area contributed by atoms with Gasteiger partial charge in [0.1, 0.15) is 0 Å². The number of thiophene rings is 1. The number of fused-ring (bicyclic) bond motifs is 1. The molecule has 0 fully saturated rings. The van der Waals surface area contributed by atoms with Gasteiger partial charge in [0.25, 0.3) is 0 Å². The molecule has 0 amide bonds. The van der Waals surface area contributed by atoms with Gasteiger partial charge in [0.05, 0.1) is 0 Å². The molecule has 1 heterocycles. The van der Waals surface area contributed by atoms with Crippen LogP contribution in [0.4, 0.5) is 5.69 Å². The molecule has 2 nitrogen and oxygen atoms in total. The summed E-state index contributed by atoms with van der Waals surface area (Å²) in [5.74, 6) is 0.344. The van der Waals surface area contributed by atoms with Gasteiger partial charge < -0.3 is 5.73 Å². The highest BCUT2D eigenvalue weighted by atomic mass is 32.1. The minimum Gasteiger partial charge on any atom is -0.398 e. The fraction of sp³-hybridized carbons (Fsp3) is 0.292. The van der Waals surface area contributed by atoms with E-state index < -0.39 is 0 Å². The molecule has 0 saturated carbocycles. The van der Waals surface area contributed by atoms with Gasteiger partial charge in [0.15, 0.2) is 5.78 Å². The first-order chi connectivity index (χ1) is 12.9. The lowest BCUT2D eigenvalue weighted by atomic mass is 9.68. The molecule has 0 radical (unpaired) electrons. The van der Waals surface area contributed by atoms with Crippen LogP contribution in [0.25, 0.3) is 16.3 Å². The number of carbonyl (C=O) groups is 1. The van der Waals surface area contributed by atoms with Gasteiger partial charge in [-0.25, -0.2) is 0 Å². The quantitative estimate of drug-likeness (QED) is 0.536. The molecule has 0 saturated heterocycles. The predicted octanol–water partition coefficient (Wildman–Crippen LogP) is 6.43. The Morgan fingerprint density at radius 2 is 1.81 bits per heavy atom. The number of hydrogen-bond acceptors (Lipinski definition) is 3. The molecule has 1 aliphatic rings. The molecule has 0 aliphatic heterocycles. The van der Waals surface area contributed by atoms with Gasteiger partial charge in [0.2, 0.25) is 0 Å². The summed E-state index contributed by atoms with van der Waals surface area (Å²) in [4.78, 5) is 14.5. The second-order valence-electron chi connectivity index (χ2n) is 8.32. The van der Waals surface area contributed by atoms with Crippen molar-refractivity contribution in [1.29, 1.82) is 0 Å². The highest BCUT2D eigenvalue weighted by Gasteiger charge is 2.36. The van der Waals surface area contributed by atoms with Crippen LogP contribution in [0.2, 0.25) is 0 Å². The molecule has 1 aromatic heterocycles. The van der Waals surface area contributed by atoms with Crippen molar-refractivity contribution in [1.82, 2.24) is 0 Å². The van der Waals surface area contributed by atoms with E-state index in [1.54, 1.807) is 11.3 Å². The number of ketones is 1. The fourth-order valence-corrected chi connectivity index (χ4v) is 5.16. The van der Waals surface area contributed by atoms with E-state index in [4.69, 9.17) is 5.73 Å². The maximum absolute atomic E-state index is 13.3. The lowest BCUT2D eigenvalue weighted by Gasteiger charge is -2.35. The van der Waals surface area contributed by atoms with Crippen LogP contribution in [0.5, 0.6) is 0 Å². The van der Waals surface area contributed by atoms with E-state index in [0.29, 0.717) is 6.42 Å². The van der Waals surface area contributed by atoms with Crippen LogP contribution < -0.4 is 5.73 Å². The molecule has 3 heteroatoms. The second kappa shape index (κ2) is 6.65. The number of nitrogens with two attached hydrogens (primary N) is 1. The Morgan fingerprint density at radius 3 is 2.56 bits per heavy atom. The van der Waals surface area contributed by atoms with Crippen molar-refractivity contribution in [3.63, 3.8) is 0 Å². The molecule has 0 unspecified atom stereocenters. The number of Topliss-reactive ketones (excluding diaryl/α,β-unsaturated/α-hetero) is 1. The van der Waals surface area contributed by atoms with Crippen LogP contribution in [0.1, 0.15) is 50.0 Å². The lowest BCUT2D eigenvalue weighted by Crippen LogP contribution is -2.27. The summed E-state index contributed by atoms with van der Waals surface area (Å²) in [6, 6.07) is 16.5. The second-order valence-corrected chi connectivity index (χ2v) is 9.30. The van der Waals surface area contributed by atoms with E-state index >= 15 is 0 Å². The lowest BCUT2D eigenvalue weighted by molar-refractivity contribution is -0.118. The Balaban J connectivity index is 2.03. The summed E-state index contributed by atoms with van der Waals surface area (Å²) in [5, 5.41) is 4.37. The molecule has 0 spiro atoms. The standard InChI is InChI=1S/C24H25NOS/c1-15(21-9-6-12-27-21)22-18(13-24(2,3)14-20(22)26)23-17-8-5-4-7-16(17)10-11-19(23)25/h4-12,15H,13-14,25H2,1-3H3/t15-/m0/s1. The third-order valence-corrected chi connectivity index (χ3v) is 6.64. The van der Waals surface area contributed by atoms with Gasteiger partial charge in [-0.05, 0) is 45.7 Å². The van der Waals surface area contributed by atoms with Crippen molar-refractivity contribution in [3.05, 3.63) is 69.9 Å². The monoisotopic (exact) mass is 375 g/mol. The van der Waals surface area contributed by atoms with Gasteiger partial charge in [-0.3, -0.25) is 4.79 Å². The number of carbonyl (C=O) groups excluding carboxylic acids is 1. The summed E-state index contributed by atoms with van der Waals surface area (Å²) in [5.41, 5.74) is 10.3. The van der Waals surface area contributed by atoms with E-state index in [1.807, 2.05) is 18.2 Å². The highest BCUT2D eigenvalue weighted by molar-refractivity contribution is 7.10. The Morgan fingerprint density at radius 1 is 1.04 bits per heavy atom. The van der Waals surface area contributed by atoms with E-state index in [-0.39, 0.29) is 17.1 Å². The Hall–Kier alpha value is -2.39.